The van der Waals surface area contributed by atoms with Crippen LogP contribution in [0.2, 0.25) is 0 Å². The van der Waals surface area contributed by atoms with Crippen molar-refractivity contribution < 1.29 is 14.2 Å². The van der Waals surface area contributed by atoms with E-state index in [1.165, 1.54) is 0 Å². The Labute approximate surface area is 125 Å². The first-order chi connectivity index (χ1) is 9.60. The highest BCUT2D eigenvalue weighted by atomic mass is 79.9. The number of aromatic nitrogens is 2. The van der Waals surface area contributed by atoms with Crippen LogP contribution in [0.15, 0.2) is 22.8 Å². The normalized spacial score (nSPS) is 10.4. The fourth-order valence-electron chi connectivity index (χ4n) is 1.88. The van der Waals surface area contributed by atoms with Crippen molar-refractivity contribution >= 4 is 21.7 Å². The Bertz CT molecular complexity index is 588. The van der Waals surface area contributed by atoms with Crippen LogP contribution in [0.3, 0.4) is 0 Å². The Hall–Kier alpha value is -1.89. The van der Waals surface area contributed by atoms with Crippen molar-refractivity contribution in [1.29, 1.82) is 0 Å². The molecule has 2 N–H and O–H groups in total. The van der Waals surface area contributed by atoms with Gasteiger partial charge >= 0.3 is 0 Å². The highest BCUT2D eigenvalue weighted by Gasteiger charge is 2.16. The summed E-state index contributed by atoms with van der Waals surface area (Å²) >= 11 is 3.33. The van der Waals surface area contributed by atoms with E-state index < -0.39 is 0 Å². The molecule has 7 heteroatoms. The molecule has 0 aliphatic rings. The van der Waals surface area contributed by atoms with Gasteiger partial charge in [0.15, 0.2) is 0 Å². The smallest absolute Gasteiger partial charge is 0.136 e. The molecule has 2 aromatic rings. The van der Waals surface area contributed by atoms with Crippen molar-refractivity contribution in [3.05, 3.63) is 28.4 Å². The molecule has 0 amide bonds. The molecule has 0 bridgehead atoms. The third-order valence-electron chi connectivity index (χ3n) is 2.96. The van der Waals surface area contributed by atoms with Gasteiger partial charge in [0.2, 0.25) is 0 Å². The summed E-state index contributed by atoms with van der Waals surface area (Å²) in [5.74, 6) is 2.53. The Balaban J connectivity index is 2.46. The Kier molecular flexibility index (Phi) is 4.39. The van der Waals surface area contributed by atoms with E-state index in [-0.39, 0.29) is 0 Å². The lowest BCUT2D eigenvalue weighted by molar-refractivity contribution is 0.366. The third kappa shape index (κ3) is 2.67. The number of benzene rings is 1. The molecule has 0 aliphatic heterocycles. The molecule has 2 rings (SSSR count). The van der Waals surface area contributed by atoms with E-state index in [1.807, 2.05) is 0 Å². The van der Waals surface area contributed by atoms with Crippen molar-refractivity contribution in [2.75, 3.05) is 27.1 Å². The van der Waals surface area contributed by atoms with Crippen molar-refractivity contribution in [2.45, 2.75) is 6.54 Å². The van der Waals surface area contributed by atoms with Crippen LogP contribution in [-0.2, 0) is 6.54 Å². The second-order valence-electron chi connectivity index (χ2n) is 4.05. The summed E-state index contributed by atoms with van der Waals surface area (Å²) in [5.41, 5.74) is 6.78. The molecule has 0 saturated heterocycles. The van der Waals surface area contributed by atoms with Gasteiger partial charge < -0.3 is 19.9 Å². The number of ether oxygens (including phenoxy) is 3. The Morgan fingerprint density at radius 3 is 2.15 bits per heavy atom. The molecule has 0 radical (unpaired) electrons. The number of anilines is 1. The van der Waals surface area contributed by atoms with Crippen LogP contribution in [0.25, 0.3) is 0 Å². The molecule has 0 atom stereocenters. The van der Waals surface area contributed by atoms with Gasteiger partial charge in [0.1, 0.15) is 23.1 Å². The molecular formula is C13H16BrN3O3. The zero-order valence-electron chi connectivity index (χ0n) is 11.5. The molecule has 0 aliphatic carbocycles. The number of nitrogens with zero attached hydrogens (tertiary/aromatic N) is 2. The van der Waals surface area contributed by atoms with Crippen LogP contribution >= 0.6 is 15.9 Å². The summed E-state index contributed by atoms with van der Waals surface area (Å²) in [6, 6.07) is 3.60. The SMILES string of the molecule is COc1cc(OC)c(Cn2ncc(Br)c2N)c(OC)c1. The molecule has 20 heavy (non-hydrogen) atoms. The van der Waals surface area contributed by atoms with Crippen LogP contribution in [0.5, 0.6) is 17.2 Å². The Morgan fingerprint density at radius 2 is 1.75 bits per heavy atom. The molecule has 6 nitrogen and oxygen atoms in total. The summed E-state index contributed by atoms with van der Waals surface area (Å²) in [6.07, 6.45) is 1.65. The summed E-state index contributed by atoms with van der Waals surface area (Å²) < 4.78 is 18.4. The van der Waals surface area contributed by atoms with Crippen LogP contribution in [0.1, 0.15) is 5.56 Å². The summed E-state index contributed by atoms with van der Waals surface area (Å²) in [7, 11) is 4.79. The number of hydrogen-bond acceptors (Lipinski definition) is 5. The molecule has 0 spiro atoms. The molecule has 1 aromatic carbocycles. The second-order valence-corrected chi connectivity index (χ2v) is 4.90. The molecular weight excluding hydrogens is 326 g/mol. The van der Waals surface area contributed by atoms with E-state index >= 15 is 0 Å². The molecule has 0 saturated carbocycles. The van der Waals surface area contributed by atoms with E-state index in [0.717, 1.165) is 10.0 Å². The lowest BCUT2D eigenvalue weighted by atomic mass is 10.1. The zero-order valence-corrected chi connectivity index (χ0v) is 13.1. The van der Waals surface area contributed by atoms with E-state index in [4.69, 9.17) is 19.9 Å². The van der Waals surface area contributed by atoms with Gasteiger partial charge in [0.05, 0.1) is 44.1 Å². The van der Waals surface area contributed by atoms with Crippen LogP contribution in [0.4, 0.5) is 5.82 Å². The van der Waals surface area contributed by atoms with Crippen molar-refractivity contribution in [3.8, 4) is 17.2 Å². The van der Waals surface area contributed by atoms with E-state index in [0.29, 0.717) is 29.6 Å². The van der Waals surface area contributed by atoms with E-state index in [2.05, 4.69) is 21.0 Å². The lowest BCUT2D eigenvalue weighted by Crippen LogP contribution is -2.08. The lowest BCUT2D eigenvalue weighted by Gasteiger charge is -2.15. The van der Waals surface area contributed by atoms with Crippen LogP contribution < -0.4 is 19.9 Å². The molecule has 1 aromatic heterocycles. The highest BCUT2D eigenvalue weighted by Crippen LogP contribution is 2.35. The van der Waals surface area contributed by atoms with Gasteiger partial charge in [-0.15, -0.1) is 0 Å². The number of nitrogens with two attached hydrogens (primary N) is 1. The first kappa shape index (κ1) is 14.5. The number of hydrogen-bond donors (Lipinski definition) is 1. The first-order valence-electron chi connectivity index (χ1n) is 5.86. The quantitative estimate of drug-likeness (QED) is 0.903. The van der Waals surface area contributed by atoms with Crippen molar-refractivity contribution in [1.82, 2.24) is 9.78 Å². The summed E-state index contributed by atoms with van der Waals surface area (Å²) in [4.78, 5) is 0. The van der Waals surface area contributed by atoms with Gasteiger partial charge in [-0.2, -0.15) is 5.10 Å². The second kappa shape index (κ2) is 6.04. The van der Waals surface area contributed by atoms with Gasteiger partial charge in [0, 0.05) is 12.1 Å². The van der Waals surface area contributed by atoms with Crippen molar-refractivity contribution in [3.63, 3.8) is 0 Å². The first-order valence-corrected chi connectivity index (χ1v) is 6.65. The maximum Gasteiger partial charge on any atom is 0.136 e. The predicted molar refractivity (Wildman–Crippen MR) is 79.5 cm³/mol. The van der Waals surface area contributed by atoms with Crippen LogP contribution in [-0.4, -0.2) is 31.1 Å². The van der Waals surface area contributed by atoms with Gasteiger partial charge in [-0.3, -0.25) is 0 Å². The predicted octanol–water partition coefficient (Wildman–Crippen LogP) is 2.30. The largest absolute Gasteiger partial charge is 0.496 e. The fraction of sp³-hybridized carbons (Fsp3) is 0.308. The van der Waals surface area contributed by atoms with E-state index in [9.17, 15) is 0 Å². The minimum atomic E-state index is 0.438. The fourth-order valence-corrected chi connectivity index (χ4v) is 2.18. The van der Waals surface area contributed by atoms with Gasteiger partial charge in [-0.1, -0.05) is 0 Å². The van der Waals surface area contributed by atoms with Gasteiger partial charge in [-0.25, -0.2) is 4.68 Å². The molecule has 0 fully saturated rings. The molecule has 108 valence electrons. The maximum atomic E-state index is 5.94. The Morgan fingerprint density at radius 1 is 1.15 bits per heavy atom. The van der Waals surface area contributed by atoms with Crippen molar-refractivity contribution in [2.24, 2.45) is 0 Å². The summed E-state index contributed by atoms with van der Waals surface area (Å²) in [5, 5.41) is 4.21. The monoisotopic (exact) mass is 341 g/mol. The van der Waals surface area contributed by atoms with Gasteiger partial charge in [0.25, 0.3) is 0 Å². The van der Waals surface area contributed by atoms with E-state index in [1.54, 1.807) is 44.3 Å². The van der Waals surface area contributed by atoms with Gasteiger partial charge in [-0.05, 0) is 15.9 Å². The number of nitrogen functional groups attached to an aromatic ring is 1. The minimum Gasteiger partial charge on any atom is -0.496 e. The topological polar surface area (TPSA) is 71.5 Å². The van der Waals surface area contributed by atoms with Crippen LogP contribution in [0, 0.1) is 0 Å². The number of halogens is 1. The average molecular weight is 342 g/mol. The highest BCUT2D eigenvalue weighted by molar-refractivity contribution is 9.10. The number of methoxy groups -OCH3 is 3. The maximum absolute atomic E-state index is 5.94. The zero-order chi connectivity index (χ0) is 14.7. The number of rotatable bonds is 5. The molecule has 0 unspecified atom stereocenters. The third-order valence-corrected chi connectivity index (χ3v) is 3.57. The standard InChI is InChI=1S/C13H16BrN3O3/c1-18-8-4-11(19-2)9(12(5-8)20-3)7-17-13(15)10(14)6-16-17/h4-6H,7,15H2,1-3H3. The molecule has 1 heterocycles. The minimum absolute atomic E-state index is 0.438. The average Bonchev–Trinajstić information content (AvgIpc) is 2.79. The summed E-state index contributed by atoms with van der Waals surface area (Å²) in [6.45, 7) is 0.438.